The molecule has 5 heteroatoms. The van der Waals surface area contributed by atoms with E-state index >= 15 is 0 Å². The Labute approximate surface area is 128 Å². The van der Waals surface area contributed by atoms with Gasteiger partial charge in [0.2, 0.25) is 5.91 Å². The van der Waals surface area contributed by atoms with E-state index in [9.17, 15) is 4.79 Å². The topological polar surface area (TPSA) is 47.6 Å². The fourth-order valence-electron chi connectivity index (χ4n) is 1.79. The molecule has 0 radical (unpaired) electrons. The molecule has 0 atom stereocenters. The van der Waals surface area contributed by atoms with Crippen LogP contribution in [0.25, 0.3) is 6.08 Å². The van der Waals surface area contributed by atoms with Gasteiger partial charge in [0.1, 0.15) is 11.5 Å². The number of nitrogens with one attached hydrogen (secondary N) is 1. The van der Waals surface area contributed by atoms with Crippen molar-refractivity contribution in [3.63, 3.8) is 0 Å². The van der Waals surface area contributed by atoms with Gasteiger partial charge in [-0.05, 0) is 37.3 Å². The normalized spacial score (nSPS) is 10.6. The lowest BCUT2D eigenvalue weighted by atomic mass is 10.2. The van der Waals surface area contributed by atoms with Crippen LogP contribution in [0.2, 0.25) is 0 Å². The van der Waals surface area contributed by atoms with Gasteiger partial charge in [-0.15, -0.1) is 11.3 Å². The Morgan fingerprint density at radius 3 is 2.62 bits per heavy atom. The van der Waals surface area contributed by atoms with Gasteiger partial charge in [0.25, 0.3) is 0 Å². The van der Waals surface area contributed by atoms with Crippen molar-refractivity contribution in [3.05, 3.63) is 46.2 Å². The van der Waals surface area contributed by atoms with E-state index in [1.165, 1.54) is 11.0 Å². The summed E-state index contributed by atoms with van der Waals surface area (Å²) in [5, 5.41) is 2.79. The minimum Gasteiger partial charge on any atom is -0.497 e. The maximum Gasteiger partial charge on any atom is 0.248 e. The van der Waals surface area contributed by atoms with Crippen LogP contribution in [0.5, 0.6) is 11.5 Å². The molecular formula is C16H17NO3S. The van der Waals surface area contributed by atoms with E-state index in [-0.39, 0.29) is 5.91 Å². The van der Waals surface area contributed by atoms with E-state index in [4.69, 9.17) is 9.47 Å². The highest BCUT2D eigenvalue weighted by atomic mass is 32.1. The molecule has 0 fully saturated rings. The zero-order chi connectivity index (χ0) is 15.2. The fraction of sp³-hybridized carbons (Fsp3) is 0.188. The van der Waals surface area contributed by atoms with Gasteiger partial charge < -0.3 is 14.8 Å². The minimum absolute atomic E-state index is 0.215. The van der Waals surface area contributed by atoms with Crippen LogP contribution in [0.3, 0.4) is 0 Å². The Morgan fingerprint density at radius 1 is 1.19 bits per heavy atom. The van der Waals surface area contributed by atoms with Crippen molar-refractivity contribution >= 4 is 29.0 Å². The summed E-state index contributed by atoms with van der Waals surface area (Å²) in [6, 6.07) is 9.25. The van der Waals surface area contributed by atoms with Crippen LogP contribution >= 0.6 is 11.3 Å². The first-order valence-corrected chi connectivity index (χ1v) is 7.21. The highest BCUT2D eigenvalue weighted by Crippen LogP contribution is 2.28. The number of carbonyl (C=O) groups is 1. The zero-order valence-electron chi connectivity index (χ0n) is 12.2. The monoisotopic (exact) mass is 303 g/mol. The van der Waals surface area contributed by atoms with Gasteiger partial charge in [-0.3, -0.25) is 4.79 Å². The van der Waals surface area contributed by atoms with E-state index in [0.717, 1.165) is 4.88 Å². The Balaban J connectivity index is 2.10. The molecule has 0 saturated heterocycles. The number of benzene rings is 1. The smallest absolute Gasteiger partial charge is 0.248 e. The number of ether oxygens (including phenoxy) is 2. The van der Waals surface area contributed by atoms with Gasteiger partial charge in [0.15, 0.2) is 0 Å². The first-order chi connectivity index (χ1) is 10.1. The SMILES string of the molecule is COc1ccc(OC)c(NC(=O)C=Cc2ccc(C)s2)c1. The van der Waals surface area contributed by atoms with Crippen molar-refractivity contribution in [2.45, 2.75) is 6.92 Å². The number of amides is 1. The Kier molecular flexibility index (Phi) is 5.00. The first kappa shape index (κ1) is 15.1. The van der Waals surface area contributed by atoms with Crippen molar-refractivity contribution < 1.29 is 14.3 Å². The Morgan fingerprint density at radius 2 is 2.00 bits per heavy atom. The number of hydrogen-bond donors (Lipinski definition) is 1. The summed E-state index contributed by atoms with van der Waals surface area (Å²) in [4.78, 5) is 14.2. The van der Waals surface area contributed by atoms with Crippen molar-refractivity contribution in [2.24, 2.45) is 0 Å². The highest BCUT2D eigenvalue weighted by Gasteiger charge is 2.07. The third-order valence-electron chi connectivity index (χ3n) is 2.82. The van der Waals surface area contributed by atoms with Crippen molar-refractivity contribution in [1.29, 1.82) is 0 Å². The summed E-state index contributed by atoms with van der Waals surface area (Å²) in [5.41, 5.74) is 0.578. The standard InChI is InChI=1S/C16H17NO3S/c1-11-4-6-13(21-11)7-9-16(18)17-14-10-12(19-2)5-8-15(14)20-3/h4-10H,1-3H3,(H,17,18). The van der Waals surface area contributed by atoms with Crippen LogP contribution in [0.15, 0.2) is 36.4 Å². The lowest BCUT2D eigenvalue weighted by Gasteiger charge is -2.10. The number of thiophene rings is 1. The molecule has 0 unspecified atom stereocenters. The second kappa shape index (κ2) is 6.95. The maximum absolute atomic E-state index is 12.0. The molecule has 1 heterocycles. The molecule has 1 amide bonds. The van der Waals surface area contributed by atoms with Crippen LogP contribution < -0.4 is 14.8 Å². The summed E-state index contributed by atoms with van der Waals surface area (Å²) in [7, 11) is 3.13. The number of methoxy groups -OCH3 is 2. The van der Waals surface area contributed by atoms with Gasteiger partial charge in [-0.25, -0.2) is 0 Å². The summed E-state index contributed by atoms with van der Waals surface area (Å²) in [6.45, 7) is 2.03. The van der Waals surface area contributed by atoms with E-state index in [1.54, 1.807) is 49.8 Å². The molecule has 2 aromatic rings. The summed E-state index contributed by atoms with van der Waals surface area (Å²) >= 11 is 1.64. The second-order valence-corrected chi connectivity index (χ2v) is 5.66. The van der Waals surface area contributed by atoms with Gasteiger partial charge in [0, 0.05) is 21.9 Å². The molecule has 0 spiro atoms. The number of anilines is 1. The quantitative estimate of drug-likeness (QED) is 0.856. The van der Waals surface area contributed by atoms with Gasteiger partial charge in [-0.1, -0.05) is 0 Å². The summed E-state index contributed by atoms with van der Waals surface area (Å²) in [6.07, 6.45) is 3.30. The number of hydrogen-bond acceptors (Lipinski definition) is 4. The largest absolute Gasteiger partial charge is 0.497 e. The third kappa shape index (κ3) is 4.10. The number of rotatable bonds is 5. The van der Waals surface area contributed by atoms with Crippen LogP contribution in [-0.2, 0) is 4.79 Å². The number of carbonyl (C=O) groups excluding carboxylic acids is 1. The molecular weight excluding hydrogens is 286 g/mol. The van der Waals surface area contributed by atoms with E-state index in [1.807, 2.05) is 19.1 Å². The predicted molar refractivity (Wildman–Crippen MR) is 86.3 cm³/mol. The lowest BCUT2D eigenvalue weighted by molar-refractivity contribution is -0.111. The molecule has 0 aliphatic carbocycles. The molecule has 1 aromatic heterocycles. The fourth-order valence-corrected chi connectivity index (χ4v) is 2.57. The van der Waals surface area contributed by atoms with Crippen molar-refractivity contribution in [3.8, 4) is 11.5 Å². The Bertz CT molecular complexity index is 661. The number of aryl methyl sites for hydroxylation is 1. The molecule has 0 saturated carbocycles. The Hall–Kier alpha value is -2.27. The second-order valence-electron chi connectivity index (χ2n) is 4.34. The average Bonchev–Trinajstić information content (AvgIpc) is 2.90. The van der Waals surface area contributed by atoms with Crippen LogP contribution in [-0.4, -0.2) is 20.1 Å². The van der Waals surface area contributed by atoms with Crippen molar-refractivity contribution in [2.75, 3.05) is 19.5 Å². The summed E-state index contributed by atoms with van der Waals surface area (Å²) < 4.78 is 10.4. The van der Waals surface area contributed by atoms with Crippen LogP contribution in [0, 0.1) is 6.92 Å². The van der Waals surface area contributed by atoms with Gasteiger partial charge in [-0.2, -0.15) is 0 Å². The molecule has 0 aliphatic rings. The molecule has 0 bridgehead atoms. The minimum atomic E-state index is -0.215. The molecule has 4 nitrogen and oxygen atoms in total. The molecule has 21 heavy (non-hydrogen) atoms. The van der Waals surface area contributed by atoms with Gasteiger partial charge in [0.05, 0.1) is 19.9 Å². The molecule has 1 aromatic carbocycles. The lowest BCUT2D eigenvalue weighted by Crippen LogP contribution is -2.09. The third-order valence-corrected chi connectivity index (χ3v) is 3.79. The molecule has 110 valence electrons. The van der Waals surface area contributed by atoms with Crippen LogP contribution in [0.4, 0.5) is 5.69 Å². The average molecular weight is 303 g/mol. The zero-order valence-corrected chi connectivity index (χ0v) is 13.0. The molecule has 1 N–H and O–H groups in total. The van der Waals surface area contributed by atoms with E-state index in [2.05, 4.69) is 5.32 Å². The molecule has 0 aliphatic heterocycles. The maximum atomic E-state index is 12.0. The van der Waals surface area contributed by atoms with E-state index < -0.39 is 0 Å². The van der Waals surface area contributed by atoms with Crippen molar-refractivity contribution in [1.82, 2.24) is 0 Å². The highest BCUT2D eigenvalue weighted by molar-refractivity contribution is 7.12. The van der Waals surface area contributed by atoms with E-state index in [0.29, 0.717) is 17.2 Å². The van der Waals surface area contributed by atoms with Crippen LogP contribution in [0.1, 0.15) is 9.75 Å². The predicted octanol–water partition coefficient (Wildman–Crippen LogP) is 3.73. The summed E-state index contributed by atoms with van der Waals surface area (Å²) in [5.74, 6) is 1.03. The first-order valence-electron chi connectivity index (χ1n) is 6.40. The van der Waals surface area contributed by atoms with Gasteiger partial charge >= 0.3 is 0 Å². The molecule has 2 rings (SSSR count).